The molecule has 0 saturated heterocycles. The Morgan fingerprint density at radius 3 is 2.62 bits per heavy atom. The smallest absolute Gasteiger partial charge is 0.224 e. The fourth-order valence-corrected chi connectivity index (χ4v) is 4.24. The van der Waals surface area contributed by atoms with Gasteiger partial charge in [-0.3, -0.25) is 19.9 Å². The van der Waals surface area contributed by atoms with Crippen molar-refractivity contribution in [1.82, 2.24) is 35.1 Å². The Kier molecular flexibility index (Phi) is 5.61. The SMILES string of the molecule is CCCC(=O)Nc1cncc(-c2cnc3[nH]nc(-c4nc5c(-c6ccc(F)cc6)cncc5[nH]4)c3c2)c1. The lowest BCUT2D eigenvalue weighted by Gasteiger charge is -2.07. The number of amides is 1. The summed E-state index contributed by atoms with van der Waals surface area (Å²) >= 11 is 0. The molecule has 5 heterocycles. The molecule has 0 unspecified atom stereocenters. The standard InChI is InChI=1S/C27H21FN8O/c1-2-3-23(37)32-19-8-16(10-29-12-19)17-9-20-25(35-36-26(20)31-11-17)27-33-22-14-30-13-21(24(22)34-27)15-4-6-18(28)7-5-15/h4-14H,2-3H2,1H3,(H,32,37)(H,33,34)(H,31,35,36). The van der Waals surface area contributed by atoms with Crippen LogP contribution in [0.1, 0.15) is 19.8 Å². The van der Waals surface area contributed by atoms with Crippen molar-refractivity contribution in [3.05, 3.63) is 73.2 Å². The summed E-state index contributed by atoms with van der Waals surface area (Å²) in [5.74, 6) is 0.198. The Morgan fingerprint density at radius 1 is 0.973 bits per heavy atom. The maximum absolute atomic E-state index is 13.4. The normalized spacial score (nSPS) is 11.3. The number of nitrogens with one attached hydrogen (secondary N) is 3. The molecule has 0 spiro atoms. The summed E-state index contributed by atoms with van der Waals surface area (Å²) in [6.07, 6.45) is 9.70. The Labute approximate surface area is 210 Å². The zero-order valence-electron chi connectivity index (χ0n) is 19.8. The van der Waals surface area contributed by atoms with Gasteiger partial charge < -0.3 is 10.3 Å². The number of aromatic nitrogens is 7. The Morgan fingerprint density at radius 2 is 1.78 bits per heavy atom. The number of anilines is 1. The molecule has 182 valence electrons. The van der Waals surface area contributed by atoms with Gasteiger partial charge in [0.2, 0.25) is 5.91 Å². The number of carbonyl (C=O) groups excluding carboxylic acids is 1. The molecular weight excluding hydrogens is 471 g/mol. The number of halogens is 1. The maximum atomic E-state index is 13.4. The van der Waals surface area contributed by atoms with E-state index in [2.05, 4.69) is 35.5 Å². The Bertz CT molecular complexity index is 1760. The fraction of sp³-hybridized carbons (Fsp3) is 0.111. The summed E-state index contributed by atoms with van der Waals surface area (Å²) < 4.78 is 13.4. The molecule has 3 N–H and O–H groups in total. The molecule has 1 aromatic carbocycles. The Balaban J connectivity index is 1.40. The minimum atomic E-state index is -0.304. The second kappa shape index (κ2) is 9.23. The third-order valence-electron chi connectivity index (χ3n) is 6.02. The number of aromatic amines is 2. The van der Waals surface area contributed by atoms with Crippen LogP contribution in [0.15, 0.2) is 67.4 Å². The van der Waals surface area contributed by atoms with Gasteiger partial charge in [0.25, 0.3) is 0 Å². The molecule has 9 nitrogen and oxygen atoms in total. The lowest BCUT2D eigenvalue weighted by molar-refractivity contribution is -0.116. The van der Waals surface area contributed by atoms with Crippen LogP contribution in [0.3, 0.4) is 0 Å². The fourth-order valence-electron chi connectivity index (χ4n) is 4.24. The topological polar surface area (TPSA) is 125 Å². The van der Waals surface area contributed by atoms with E-state index in [1.54, 1.807) is 43.1 Å². The summed E-state index contributed by atoms with van der Waals surface area (Å²) in [5.41, 5.74) is 6.50. The van der Waals surface area contributed by atoms with Gasteiger partial charge >= 0.3 is 0 Å². The summed E-state index contributed by atoms with van der Waals surface area (Å²) in [4.78, 5) is 33.2. The summed E-state index contributed by atoms with van der Waals surface area (Å²) in [5, 5.41) is 11.1. The molecule has 0 atom stereocenters. The van der Waals surface area contributed by atoms with E-state index in [-0.39, 0.29) is 11.7 Å². The van der Waals surface area contributed by atoms with Crippen molar-refractivity contribution in [2.45, 2.75) is 19.8 Å². The van der Waals surface area contributed by atoms with E-state index in [4.69, 9.17) is 4.98 Å². The molecule has 1 amide bonds. The summed E-state index contributed by atoms with van der Waals surface area (Å²) in [6, 6.07) is 10.1. The van der Waals surface area contributed by atoms with Crippen LogP contribution in [0.4, 0.5) is 10.1 Å². The van der Waals surface area contributed by atoms with E-state index in [1.807, 2.05) is 19.1 Å². The van der Waals surface area contributed by atoms with Crippen molar-refractivity contribution < 1.29 is 9.18 Å². The van der Waals surface area contributed by atoms with E-state index in [9.17, 15) is 9.18 Å². The molecule has 0 bridgehead atoms. The van der Waals surface area contributed by atoms with Gasteiger partial charge in [0.15, 0.2) is 11.5 Å². The number of carbonyl (C=O) groups is 1. The molecule has 37 heavy (non-hydrogen) atoms. The summed E-state index contributed by atoms with van der Waals surface area (Å²) in [7, 11) is 0. The van der Waals surface area contributed by atoms with Crippen molar-refractivity contribution in [1.29, 1.82) is 0 Å². The first-order valence-corrected chi connectivity index (χ1v) is 11.8. The van der Waals surface area contributed by atoms with Gasteiger partial charge in [0.1, 0.15) is 11.5 Å². The molecule has 5 aromatic heterocycles. The van der Waals surface area contributed by atoms with Gasteiger partial charge in [-0.15, -0.1) is 0 Å². The third kappa shape index (κ3) is 4.29. The second-order valence-corrected chi connectivity index (χ2v) is 8.63. The van der Waals surface area contributed by atoms with Crippen molar-refractivity contribution >= 4 is 33.7 Å². The highest BCUT2D eigenvalue weighted by atomic mass is 19.1. The van der Waals surface area contributed by atoms with Crippen LogP contribution in [0.25, 0.3) is 55.8 Å². The lowest BCUT2D eigenvalue weighted by atomic mass is 10.1. The molecule has 0 aliphatic rings. The van der Waals surface area contributed by atoms with Crippen molar-refractivity contribution in [2.75, 3.05) is 5.32 Å². The van der Waals surface area contributed by atoms with Gasteiger partial charge in [-0.2, -0.15) is 5.10 Å². The van der Waals surface area contributed by atoms with Crippen LogP contribution in [0.2, 0.25) is 0 Å². The highest BCUT2D eigenvalue weighted by Gasteiger charge is 2.17. The Hall–Kier alpha value is -4.99. The number of rotatable bonds is 6. The molecule has 0 radical (unpaired) electrons. The lowest BCUT2D eigenvalue weighted by Crippen LogP contribution is -2.10. The second-order valence-electron chi connectivity index (χ2n) is 8.63. The van der Waals surface area contributed by atoms with Gasteiger partial charge in [0.05, 0.1) is 34.5 Å². The van der Waals surface area contributed by atoms with E-state index < -0.39 is 0 Å². The van der Waals surface area contributed by atoms with Crippen molar-refractivity contribution in [2.24, 2.45) is 0 Å². The number of nitrogens with zero attached hydrogens (tertiary/aromatic N) is 5. The van der Waals surface area contributed by atoms with Gasteiger partial charge in [-0.25, -0.2) is 14.4 Å². The van der Waals surface area contributed by atoms with Crippen molar-refractivity contribution in [3.63, 3.8) is 0 Å². The van der Waals surface area contributed by atoms with Crippen LogP contribution >= 0.6 is 0 Å². The zero-order valence-corrected chi connectivity index (χ0v) is 19.8. The van der Waals surface area contributed by atoms with Gasteiger partial charge in [-0.1, -0.05) is 19.1 Å². The number of hydrogen-bond acceptors (Lipinski definition) is 6. The first kappa shape index (κ1) is 22.5. The van der Waals surface area contributed by atoms with E-state index in [0.717, 1.165) is 39.6 Å². The number of H-pyrrole nitrogens is 2. The molecule has 10 heteroatoms. The number of hydrogen-bond donors (Lipinski definition) is 3. The van der Waals surface area contributed by atoms with E-state index >= 15 is 0 Å². The number of pyridine rings is 3. The van der Waals surface area contributed by atoms with Crippen LogP contribution < -0.4 is 5.32 Å². The van der Waals surface area contributed by atoms with Crippen molar-refractivity contribution in [3.8, 4) is 33.8 Å². The monoisotopic (exact) mass is 492 g/mol. The van der Waals surface area contributed by atoms with Crippen LogP contribution in [-0.4, -0.2) is 41.0 Å². The van der Waals surface area contributed by atoms with Gasteiger partial charge in [0, 0.05) is 41.7 Å². The first-order chi connectivity index (χ1) is 18.1. The number of benzene rings is 1. The first-order valence-electron chi connectivity index (χ1n) is 11.8. The minimum Gasteiger partial charge on any atom is -0.335 e. The van der Waals surface area contributed by atoms with E-state index in [1.165, 1.54) is 12.1 Å². The quantitative estimate of drug-likeness (QED) is 0.282. The van der Waals surface area contributed by atoms with Crippen LogP contribution in [0, 0.1) is 5.82 Å². The molecule has 6 rings (SSSR count). The van der Waals surface area contributed by atoms with Gasteiger partial charge in [-0.05, 0) is 36.2 Å². The highest BCUT2D eigenvalue weighted by molar-refractivity contribution is 5.97. The maximum Gasteiger partial charge on any atom is 0.224 e. The number of imidazole rings is 1. The van der Waals surface area contributed by atoms with Crippen LogP contribution in [-0.2, 0) is 4.79 Å². The molecule has 0 saturated carbocycles. The molecule has 6 aromatic rings. The molecular formula is C27H21FN8O. The van der Waals surface area contributed by atoms with E-state index in [0.29, 0.717) is 34.8 Å². The molecule has 0 aliphatic heterocycles. The predicted octanol–water partition coefficient (Wildman–Crippen LogP) is 5.50. The average molecular weight is 493 g/mol. The predicted molar refractivity (Wildman–Crippen MR) is 139 cm³/mol. The molecule has 0 aliphatic carbocycles. The highest BCUT2D eigenvalue weighted by Crippen LogP contribution is 2.32. The summed E-state index contributed by atoms with van der Waals surface area (Å²) in [6.45, 7) is 1.96. The zero-order chi connectivity index (χ0) is 25.4. The minimum absolute atomic E-state index is 0.0495. The number of fused-ring (bicyclic) bond motifs is 2. The molecule has 0 fully saturated rings. The van der Waals surface area contributed by atoms with Crippen LogP contribution in [0.5, 0.6) is 0 Å². The third-order valence-corrected chi connectivity index (χ3v) is 6.02. The largest absolute Gasteiger partial charge is 0.335 e. The average Bonchev–Trinajstić information content (AvgIpc) is 3.53.